The molecular formula is C26H30FN3O2. The van der Waals surface area contributed by atoms with Gasteiger partial charge in [0.25, 0.3) is 5.91 Å². The fraction of sp³-hybridized carbons (Fsp3) is 0.269. The van der Waals surface area contributed by atoms with E-state index in [1.165, 1.54) is 18.2 Å². The molecule has 1 aliphatic rings. The third-order valence-electron chi connectivity index (χ3n) is 5.03. The van der Waals surface area contributed by atoms with E-state index in [0.717, 1.165) is 11.1 Å². The summed E-state index contributed by atoms with van der Waals surface area (Å²) in [6.07, 6.45) is 10.3. The van der Waals surface area contributed by atoms with Gasteiger partial charge in [0.15, 0.2) is 0 Å². The number of fused-ring (bicyclic) bond motifs is 1. The Kier molecular flexibility index (Phi) is 8.64. The smallest absolute Gasteiger partial charge is 0.258 e. The first kappa shape index (κ1) is 24.7. The third kappa shape index (κ3) is 6.74. The molecule has 0 aromatic heterocycles. The number of allylic oxidation sites excluding steroid dienone is 6. The van der Waals surface area contributed by atoms with Crippen LogP contribution in [0, 0.1) is 17.1 Å². The number of hydrogen-bond acceptors (Lipinski definition) is 3. The molecule has 1 aromatic rings. The fourth-order valence-corrected chi connectivity index (χ4v) is 3.14. The number of benzene rings is 1. The molecule has 0 atom stereocenters. The lowest BCUT2D eigenvalue weighted by Crippen LogP contribution is -2.35. The number of halogens is 1. The highest BCUT2D eigenvalue weighted by Crippen LogP contribution is 2.23. The van der Waals surface area contributed by atoms with Crippen molar-refractivity contribution in [2.24, 2.45) is 5.92 Å². The Hall–Kier alpha value is -3.54. The van der Waals surface area contributed by atoms with Crippen molar-refractivity contribution < 1.29 is 14.0 Å². The van der Waals surface area contributed by atoms with Gasteiger partial charge in [-0.1, -0.05) is 45.2 Å². The molecule has 0 spiro atoms. The van der Waals surface area contributed by atoms with E-state index in [4.69, 9.17) is 5.41 Å². The molecule has 0 saturated heterocycles. The molecule has 0 radical (unpaired) electrons. The van der Waals surface area contributed by atoms with E-state index in [1.807, 2.05) is 19.9 Å². The maximum absolute atomic E-state index is 14.6. The van der Waals surface area contributed by atoms with Crippen LogP contribution in [0.15, 0.2) is 73.0 Å². The highest BCUT2D eigenvalue weighted by molar-refractivity contribution is 6.05. The Bertz CT molecular complexity index is 1030. The van der Waals surface area contributed by atoms with Crippen molar-refractivity contribution in [1.29, 1.82) is 5.41 Å². The lowest BCUT2D eigenvalue weighted by atomic mass is 9.96. The minimum atomic E-state index is -0.609. The maximum Gasteiger partial charge on any atom is 0.258 e. The van der Waals surface area contributed by atoms with Gasteiger partial charge < -0.3 is 15.6 Å². The van der Waals surface area contributed by atoms with Crippen LogP contribution in [-0.2, 0) is 17.8 Å². The lowest BCUT2D eigenvalue weighted by Gasteiger charge is -2.28. The minimum absolute atomic E-state index is 0.0916. The van der Waals surface area contributed by atoms with E-state index in [9.17, 15) is 14.0 Å². The summed E-state index contributed by atoms with van der Waals surface area (Å²) in [7, 11) is 0. The van der Waals surface area contributed by atoms with Gasteiger partial charge in [-0.05, 0) is 66.3 Å². The van der Waals surface area contributed by atoms with Crippen molar-refractivity contribution in [2.45, 2.75) is 33.7 Å². The van der Waals surface area contributed by atoms with Gasteiger partial charge in [0, 0.05) is 18.8 Å². The van der Waals surface area contributed by atoms with Crippen LogP contribution >= 0.6 is 0 Å². The van der Waals surface area contributed by atoms with E-state index in [1.54, 1.807) is 36.1 Å². The van der Waals surface area contributed by atoms with Crippen LogP contribution in [0.1, 0.15) is 42.3 Å². The van der Waals surface area contributed by atoms with Crippen molar-refractivity contribution in [3.05, 3.63) is 95.5 Å². The van der Waals surface area contributed by atoms with Crippen molar-refractivity contribution in [1.82, 2.24) is 10.2 Å². The summed E-state index contributed by atoms with van der Waals surface area (Å²) in [5.41, 5.74) is 2.77. The second-order valence-electron chi connectivity index (χ2n) is 8.02. The molecule has 1 heterocycles. The quantitative estimate of drug-likeness (QED) is 0.347. The number of nitrogens with zero attached hydrogens (tertiary/aromatic N) is 1. The average molecular weight is 436 g/mol. The summed E-state index contributed by atoms with van der Waals surface area (Å²) in [6, 6.07) is 2.89. The van der Waals surface area contributed by atoms with Crippen molar-refractivity contribution >= 4 is 17.5 Å². The van der Waals surface area contributed by atoms with Gasteiger partial charge in [0.05, 0.1) is 11.3 Å². The average Bonchev–Trinajstić information content (AvgIpc) is 2.75. The van der Waals surface area contributed by atoms with E-state index < -0.39 is 11.7 Å². The molecule has 2 amide bonds. The molecule has 6 heteroatoms. The standard InChI is InChI=1S/C26H30FN3O2/c1-6-24(28)18(4)8-7-9-19(5)29-26(32)22-14-21-16-30(25(31)11-10-17(2)3)13-12-20(21)15-23(22)27/h6-11,14-15,17,28H,1,5,12-13,16H2,2-4H3,(H,29,32)/b9-7-,11-10-,18-8+,28-24?. The van der Waals surface area contributed by atoms with E-state index in [2.05, 4.69) is 18.5 Å². The number of hydrogen-bond donors (Lipinski definition) is 2. The molecule has 0 saturated carbocycles. The van der Waals surface area contributed by atoms with Gasteiger partial charge in [-0.15, -0.1) is 0 Å². The van der Waals surface area contributed by atoms with Crippen LogP contribution in [0.3, 0.4) is 0 Å². The number of rotatable bonds is 8. The second-order valence-corrected chi connectivity index (χ2v) is 8.02. The summed E-state index contributed by atoms with van der Waals surface area (Å²) in [5.74, 6) is -1.03. The van der Waals surface area contributed by atoms with Crippen LogP contribution in [0.4, 0.5) is 4.39 Å². The molecule has 5 nitrogen and oxygen atoms in total. The van der Waals surface area contributed by atoms with E-state index >= 15 is 0 Å². The topological polar surface area (TPSA) is 73.3 Å². The Labute approximate surface area is 189 Å². The monoisotopic (exact) mass is 435 g/mol. The summed E-state index contributed by atoms with van der Waals surface area (Å²) in [5, 5.41) is 10.2. The first-order valence-electron chi connectivity index (χ1n) is 10.5. The molecule has 1 aromatic carbocycles. The molecule has 1 aliphatic heterocycles. The first-order chi connectivity index (χ1) is 15.1. The number of carbonyl (C=O) groups is 2. The van der Waals surface area contributed by atoms with E-state index in [0.29, 0.717) is 30.8 Å². The van der Waals surface area contributed by atoms with Crippen molar-refractivity contribution in [2.75, 3.05) is 6.54 Å². The molecule has 0 aliphatic carbocycles. The summed E-state index contributed by atoms with van der Waals surface area (Å²) < 4.78 is 14.6. The number of nitrogens with one attached hydrogen (secondary N) is 2. The summed E-state index contributed by atoms with van der Waals surface area (Å²) >= 11 is 0. The van der Waals surface area contributed by atoms with Crippen LogP contribution in [0.2, 0.25) is 0 Å². The highest BCUT2D eigenvalue weighted by atomic mass is 19.1. The van der Waals surface area contributed by atoms with Gasteiger partial charge >= 0.3 is 0 Å². The van der Waals surface area contributed by atoms with Crippen LogP contribution in [-0.4, -0.2) is 29.0 Å². The Balaban J connectivity index is 2.11. The normalized spacial score (nSPS) is 14.0. The molecular weight excluding hydrogens is 405 g/mol. The maximum atomic E-state index is 14.6. The van der Waals surface area contributed by atoms with Gasteiger partial charge in [-0.25, -0.2) is 4.39 Å². The third-order valence-corrected chi connectivity index (χ3v) is 5.03. The van der Waals surface area contributed by atoms with E-state index in [-0.39, 0.29) is 23.1 Å². The highest BCUT2D eigenvalue weighted by Gasteiger charge is 2.23. The van der Waals surface area contributed by atoms with Gasteiger partial charge in [-0.2, -0.15) is 0 Å². The molecule has 0 bridgehead atoms. The fourth-order valence-electron chi connectivity index (χ4n) is 3.14. The lowest BCUT2D eigenvalue weighted by molar-refractivity contribution is -0.126. The van der Waals surface area contributed by atoms with Gasteiger partial charge in [0.1, 0.15) is 5.82 Å². The van der Waals surface area contributed by atoms with Crippen molar-refractivity contribution in [3.63, 3.8) is 0 Å². The molecule has 2 rings (SSSR count). The summed E-state index contributed by atoms with van der Waals surface area (Å²) in [6.45, 7) is 13.9. The van der Waals surface area contributed by atoms with Crippen LogP contribution in [0.25, 0.3) is 0 Å². The van der Waals surface area contributed by atoms with Crippen molar-refractivity contribution in [3.8, 4) is 0 Å². The predicted octanol–water partition coefficient (Wildman–Crippen LogP) is 4.87. The molecule has 2 N–H and O–H groups in total. The second kappa shape index (κ2) is 11.2. The zero-order valence-corrected chi connectivity index (χ0v) is 18.9. The number of carbonyl (C=O) groups excluding carboxylic acids is 2. The molecule has 32 heavy (non-hydrogen) atoms. The number of amides is 2. The molecule has 0 fully saturated rings. The van der Waals surface area contributed by atoms with Gasteiger partial charge in [0.2, 0.25) is 5.91 Å². The zero-order chi connectivity index (χ0) is 23.8. The molecule has 0 unspecified atom stereocenters. The zero-order valence-electron chi connectivity index (χ0n) is 18.9. The minimum Gasteiger partial charge on any atom is -0.335 e. The van der Waals surface area contributed by atoms with Gasteiger partial charge in [-0.3, -0.25) is 9.59 Å². The van der Waals surface area contributed by atoms with Crippen LogP contribution < -0.4 is 5.32 Å². The Morgan fingerprint density at radius 1 is 1.25 bits per heavy atom. The Morgan fingerprint density at radius 2 is 1.97 bits per heavy atom. The van der Waals surface area contributed by atoms with Crippen LogP contribution in [0.5, 0.6) is 0 Å². The largest absolute Gasteiger partial charge is 0.335 e. The predicted molar refractivity (Wildman–Crippen MR) is 127 cm³/mol. The SMILES string of the molecule is C=CC(=N)/C(C)=C/C=C\C(=C)NC(=O)c1cc2c(cc1F)CCN(C(=O)/C=C\C(C)C)C2. The first-order valence-corrected chi connectivity index (χ1v) is 10.5. The Morgan fingerprint density at radius 3 is 2.62 bits per heavy atom. The summed E-state index contributed by atoms with van der Waals surface area (Å²) in [4.78, 5) is 26.7. The molecule has 168 valence electrons.